The van der Waals surface area contributed by atoms with Gasteiger partial charge < -0.3 is 24.7 Å². The van der Waals surface area contributed by atoms with Crippen molar-refractivity contribution < 1.29 is 14.3 Å². The lowest BCUT2D eigenvalue weighted by Crippen LogP contribution is -2.39. The second kappa shape index (κ2) is 10.5. The summed E-state index contributed by atoms with van der Waals surface area (Å²) >= 11 is 5.12. The molecule has 0 unspecified atom stereocenters. The van der Waals surface area contributed by atoms with E-state index in [1.165, 1.54) is 35.9 Å². The highest BCUT2D eigenvalue weighted by molar-refractivity contribution is 9.10. The number of nitrogens with zero attached hydrogens (tertiary/aromatic N) is 10. The molecule has 0 atom stereocenters. The second-order valence-electron chi connectivity index (χ2n) is 10.0. The summed E-state index contributed by atoms with van der Waals surface area (Å²) in [4.78, 5) is 45.7. The van der Waals surface area contributed by atoms with E-state index in [9.17, 15) is 9.59 Å². The van der Waals surface area contributed by atoms with Crippen LogP contribution in [0.1, 0.15) is 29.8 Å². The van der Waals surface area contributed by atoms with Gasteiger partial charge in [0.2, 0.25) is 6.79 Å². The Hall–Kier alpha value is -4.25. The maximum atomic E-state index is 13.2. The van der Waals surface area contributed by atoms with Gasteiger partial charge in [-0.05, 0) is 53.2 Å². The van der Waals surface area contributed by atoms with Gasteiger partial charge in [0, 0.05) is 36.1 Å². The number of fused-ring (bicyclic) bond motifs is 3. The first kappa shape index (κ1) is 26.6. The van der Waals surface area contributed by atoms with E-state index in [4.69, 9.17) is 20.2 Å². The first-order valence-electron chi connectivity index (χ1n) is 13.2. The molecule has 2 N–H and O–H groups in total. The fourth-order valence-corrected chi connectivity index (χ4v) is 6.72. The molecule has 1 aromatic carbocycles. The average molecular weight is 655 g/mol. The second-order valence-corrected chi connectivity index (χ2v) is 11.9. The molecule has 2 aliphatic heterocycles. The number of nitrogens with two attached hydrogens (primary N) is 1. The Bertz CT molecular complexity index is 1910. The van der Waals surface area contributed by atoms with E-state index in [-0.39, 0.29) is 24.0 Å². The molecule has 5 aromatic rings. The summed E-state index contributed by atoms with van der Waals surface area (Å²) in [6.07, 6.45) is 5.28. The lowest BCUT2D eigenvalue weighted by Gasteiger charge is -2.31. The van der Waals surface area contributed by atoms with E-state index >= 15 is 0 Å². The number of aryl methyl sites for hydroxylation is 2. The van der Waals surface area contributed by atoms with Crippen LogP contribution in [0.15, 0.2) is 44.1 Å². The van der Waals surface area contributed by atoms with Crippen LogP contribution in [-0.2, 0) is 13.6 Å². The number of likely N-dealkylation sites (tertiary alicyclic amines) is 1. The Morgan fingerprint density at radius 1 is 1.14 bits per heavy atom. The highest BCUT2D eigenvalue weighted by Crippen LogP contribution is 2.43. The third-order valence-electron chi connectivity index (χ3n) is 7.52. The number of anilines is 1. The predicted octanol–water partition coefficient (Wildman–Crippen LogP) is 2.13. The van der Waals surface area contributed by atoms with E-state index in [1.807, 2.05) is 12.1 Å². The van der Waals surface area contributed by atoms with Gasteiger partial charge in [-0.2, -0.15) is 4.68 Å². The van der Waals surface area contributed by atoms with Crippen molar-refractivity contribution in [3.05, 3.63) is 45.4 Å². The Morgan fingerprint density at radius 2 is 1.93 bits per heavy atom. The van der Waals surface area contributed by atoms with E-state index in [2.05, 4.69) is 45.8 Å². The van der Waals surface area contributed by atoms with Crippen molar-refractivity contribution >= 4 is 56.2 Å². The van der Waals surface area contributed by atoms with E-state index < -0.39 is 5.69 Å². The van der Waals surface area contributed by atoms with Crippen molar-refractivity contribution in [3.63, 3.8) is 0 Å². The third kappa shape index (κ3) is 4.61. The number of aromatic nitrogens is 9. The largest absolute Gasteiger partial charge is 0.454 e. The molecule has 0 aliphatic carbocycles. The number of carbonyl (C=O) groups excluding carboxylic acids is 1. The molecule has 216 valence electrons. The van der Waals surface area contributed by atoms with Crippen LogP contribution in [0.2, 0.25) is 0 Å². The molecule has 0 radical (unpaired) electrons. The van der Waals surface area contributed by atoms with Crippen LogP contribution in [0.25, 0.3) is 16.8 Å². The maximum absolute atomic E-state index is 13.2. The van der Waals surface area contributed by atoms with Crippen LogP contribution < -0.4 is 20.9 Å². The molecule has 2 aliphatic rings. The topological polar surface area (TPSA) is 173 Å². The fourth-order valence-electron chi connectivity index (χ4n) is 5.21. The number of carbonyl (C=O) groups is 1. The summed E-state index contributed by atoms with van der Waals surface area (Å²) in [7, 11) is 1.49. The predicted molar refractivity (Wildman–Crippen MR) is 153 cm³/mol. The van der Waals surface area contributed by atoms with Gasteiger partial charge in [-0.25, -0.2) is 29.1 Å². The highest BCUT2D eigenvalue weighted by atomic mass is 79.9. The molecule has 1 fully saturated rings. The maximum Gasteiger partial charge on any atom is 0.352 e. The van der Waals surface area contributed by atoms with Crippen molar-refractivity contribution in [3.8, 4) is 11.5 Å². The van der Waals surface area contributed by atoms with Gasteiger partial charge in [-0.3, -0.25) is 4.79 Å². The van der Waals surface area contributed by atoms with Crippen molar-refractivity contribution in [2.24, 2.45) is 13.0 Å². The minimum Gasteiger partial charge on any atom is -0.454 e. The number of piperidine rings is 1. The zero-order chi connectivity index (χ0) is 29.0. The van der Waals surface area contributed by atoms with Gasteiger partial charge in [0.1, 0.15) is 12.7 Å². The summed E-state index contributed by atoms with van der Waals surface area (Å²) in [5, 5.41) is 8.53. The number of amides is 1. The van der Waals surface area contributed by atoms with Gasteiger partial charge in [-0.1, -0.05) is 17.0 Å². The average Bonchev–Trinajstić information content (AvgIpc) is 3.72. The summed E-state index contributed by atoms with van der Waals surface area (Å²) in [5.74, 6) is 1.83. The van der Waals surface area contributed by atoms with E-state index in [1.54, 1.807) is 4.90 Å². The Morgan fingerprint density at radius 3 is 2.74 bits per heavy atom. The lowest BCUT2D eigenvalue weighted by atomic mass is 9.93. The quantitative estimate of drug-likeness (QED) is 0.283. The first-order valence-corrected chi connectivity index (χ1v) is 14.8. The van der Waals surface area contributed by atoms with Crippen molar-refractivity contribution in [2.45, 2.75) is 35.9 Å². The minimum absolute atomic E-state index is 0.136. The van der Waals surface area contributed by atoms with Crippen LogP contribution in [0.4, 0.5) is 5.82 Å². The monoisotopic (exact) mass is 653 g/mol. The molecule has 15 nitrogen and oxygen atoms in total. The fraction of sp³-hybridized carbons (Fsp3) is 0.360. The number of rotatable bonds is 6. The standard InChI is InChI=1S/C25H24BrN11O4S/c1-34-25(39)37-11-30-19(22(37)32-33-34)23(38)35-5-2-13(3-6-35)4-7-36-21-18(20(27)28-10-29-21)31-24(36)42-17-9-16-15(8-14(17)26)40-12-41-16/h8-11,13H,2-7,12H2,1H3,(H2,27,28,29). The van der Waals surface area contributed by atoms with Crippen molar-refractivity contribution in [2.75, 3.05) is 25.6 Å². The minimum atomic E-state index is -0.410. The third-order valence-corrected chi connectivity index (χ3v) is 9.49. The molecule has 42 heavy (non-hydrogen) atoms. The molecule has 0 bridgehead atoms. The zero-order valence-corrected chi connectivity index (χ0v) is 24.7. The summed E-state index contributed by atoms with van der Waals surface area (Å²) in [5.41, 5.74) is 7.28. The summed E-state index contributed by atoms with van der Waals surface area (Å²) in [6, 6.07) is 3.81. The van der Waals surface area contributed by atoms with Gasteiger partial charge in [0.25, 0.3) is 5.91 Å². The Balaban J connectivity index is 1.06. The molecule has 17 heteroatoms. The number of nitrogen functional groups attached to an aromatic ring is 1. The first-order chi connectivity index (χ1) is 20.4. The van der Waals surface area contributed by atoms with Crippen LogP contribution in [-0.4, -0.2) is 74.6 Å². The smallest absolute Gasteiger partial charge is 0.352 e. The van der Waals surface area contributed by atoms with Crippen molar-refractivity contribution in [1.29, 1.82) is 0 Å². The number of benzene rings is 1. The van der Waals surface area contributed by atoms with E-state index in [0.29, 0.717) is 54.0 Å². The number of hydrogen-bond acceptors (Lipinski definition) is 12. The SMILES string of the molecule is Cn1nnc2c(C(=O)N3CCC(CCn4c(Sc5cc6c(cc5Br)OCO6)nc5c(N)ncnc54)CC3)ncn2c1=O. The molecule has 1 amide bonds. The van der Waals surface area contributed by atoms with Crippen LogP contribution >= 0.6 is 27.7 Å². The Kier molecular flexibility index (Phi) is 6.69. The molecular weight excluding hydrogens is 630 g/mol. The Labute approximate surface area is 250 Å². The van der Waals surface area contributed by atoms with Gasteiger partial charge in [-0.15, -0.1) is 5.10 Å². The van der Waals surface area contributed by atoms with E-state index in [0.717, 1.165) is 38.5 Å². The molecule has 1 saturated heterocycles. The molecule has 6 heterocycles. The van der Waals surface area contributed by atoms with Gasteiger partial charge in [0.05, 0.1) is 0 Å². The van der Waals surface area contributed by atoms with Crippen LogP contribution in [0, 0.1) is 5.92 Å². The van der Waals surface area contributed by atoms with Crippen molar-refractivity contribution in [1.82, 2.24) is 48.8 Å². The highest BCUT2D eigenvalue weighted by Gasteiger charge is 2.28. The summed E-state index contributed by atoms with van der Waals surface area (Å²) < 4.78 is 16.3. The number of hydrogen-bond donors (Lipinski definition) is 1. The molecule has 4 aromatic heterocycles. The van der Waals surface area contributed by atoms with Crippen LogP contribution in [0.3, 0.4) is 0 Å². The number of ether oxygens (including phenoxy) is 2. The zero-order valence-electron chi connectivity index (χ0n) is 22.3. The number of halogens is 1. The van der Waals surface area contributed by atoms with Gasteiger partial charge in [0.15, 0.2) is 45.0 Å². The number of imidazole rings is 2. The molecule has 0 spiro atoms. The lowest BCUT2D eigenvalue weighted by molar-refractivity contribution is 0.0681. The van der Waals surface area contributed by atoms with Gasteiger partial charge >= 0.3 is 5.69 Å². The molecule has 7 rings (SSSR count). The molecular formula is C25H24BrN11O4S. The summed E-state index contributed by atoms with van der Waals surface area (Å²) in [6.45, 7) is 2.01. The molecule has 0 saturated carbocycles. The normalized spacial score (nSPS) is 15.2. The van der Waals surface area contributed by atoms with Crippen LogP contribution in [0.5, 0.6) is 11.5 Å².